The van der Waals surface area contributed by atoms with Crippen molar-refractivity contribution in [2.45, 2.75) is 33.2 Å². The number of rotatable bonds is 6. The molecule has 2 N–H and O–H groups in total. The molecule has 18 heavy (non-hydrogen) atoms. The van der Waals surface area contributed by atoms with Gasteiger partial charge in [0.05, 0.1) is 5.92 Å². The zero-order valence-corrected chi connectivity index (χ0v) is 11.0. The van der Waals surface area contributed by atoms with E-state index in [1.165, 1.54) is 0 Å². The average Bonchev–Trinajstić information content (AvgIpc) is 2.78. The number of nitrogens with zero attached hydrogens (tertiary/aromatic N) is 1. The molecule has 0 radical (unpaired) electrons. The fourth-order valence-corrected chi connectivity index (χ4v) is 1.75. The summed E-state index contributed by atoms with van der Waals surface area (Å²) in [6, 6.07) is 3.74. The fourth-order valence-electron chi connectivity index (χ4n) is 1.75. The van der Waals surface area contributed by atoms with Gasteiger partial charge < -0.3 is 15.0 Å². The molecule has 1 atom stereocenters. The second kappa shape index (κ2) is 6.23. The van der Waals surface area contributed by atoms with Crippen molar-refractivity contribution in [3.63, 3.8) is 0 Å². The number of aliphatic carboxylic acids is 1. The molecule has 5 nitrogen and oxygen atoms in total. The number of carboxylic acid groups (broad SMARTS) is 1. The van der Waals surface area contributed by atoms with Crippen LogP contribution >= 0.6 is 0 Å². The lowest BCUT2D eigenvalue weighted by atomic mass is 10.1. The molecule has 1 heterocycles. The summed E-state index contributed by atoms with van der Waals surface area (Å²) in [6.07, 6.45) is 2.34. The highest BCUT2D eigenvalue weighted by atomic mass is 16.4. The summed E-state index contributed by atoms with van der Waals surface area (Å²) in [5, 5.41) is 11.6. The second-order valence-corrected chi connectivity index (χ2v) is 4.55. The number of amides is 1. The third kappa shape index (κ3) is 3.35. The minimum absolute atomic E-state index is 0.161. The predicted octanol–water partition coefficient (Wildman–Crippen LogP) is 1.91. The van der Waals surface area contributed by atoms with Crippen molar-refractivity contribution in [3.05, 3.63) is 24.0 Å². The van der Waals surface area contributed by atoms with Crippen LogP contribution in [0.15, 0.2) is 18.3 Å². The Kier molecular flexibility index (Phi) is 4.95. The van der Waals surface area contributed by atoms with Crippen molar-refractivity contribution in [1.29, 1.82) is 0 Å². The van der Waals surface area contributed by atoms with Crippen LogP contribution in [0.5, 0.6) is 0 Å². The molecule has 1 aromatic heterocycles. The van der Waals surface area contributed by atoms with Gasteiger partial charge in [0, 0.05) is 18.8 Å². The lowest BCUT2D eigenvalue weighted by Crippen LogP contribution is -2.33. The van der Waals surface area contributed by atoms with E-state index in [-0.39, 0.29) is 18.5 Å². The lowest BCUT2D eigenvalue weighted by Gasteiger charge is -2.14. The van der Waals surface area contributed by atoms with Crippen LogP contribution in [-0.2, 0) is 4.79 Å². The molecule has 0 aromatic carbocycles. The Hall–Kier alpha value is -1.78. The Balaban J connectivity index is 2.65. The van der Waals surface area contributed by atoms with Crippen LogP contribution in [0, 0.1) is 5.92 Å². The first-order valence-electron chi connectivity index (χ1n) is 6.15. The number of carbonyl (C=O) groups excluding carboxylic acids is 1. The quantitative estimate of drug-likeness (QED) is 0.812. The average molecular weight is 252 g/mol. The largest absolute Gasteiger partial charge is 0.481 e. The highest BCUT2D eigenvalue weighted by Crippen LogP contribution is 2.11. The van der Waals surface area contributed by atoms with Crippen LogP contribution in [0.4, 0.5) is 0 Å². The predicted molar refractivity (Wildman–Crippen MR) is 68.6 cm³/mol. The van der Waals surface area contributed by atoms with E-state index in [1.807, 2.05) is 30.7 Å². The first-order valence-corrected chi connectivity index (χ1v) is 6.15. The lowest BCUT2D eigenvalue weighted by molar-refractivity contribution is -0.141. The van der Waals surface area contributed by atoms with Gasteiger partial charge in [-0.3, -0.25) is 9.59 Å². The maximum Gasteiger partial charge on any atom is 0.308 e. The van der Waals surface area contributed by atoms with Crippen LogP contribution in [0.1, 0.15) is 43.7 Å². The van der Waals surface area contributed by atoms with Crippen LogP contribution < -0.4 is 5.32 Å². The molecule has 0 aliphatic heterocycles. The second-order valence-electron chi connectivity index (χ2n) is 4.55. The molecular weight excluding hydrogens is 232 g/mol. The molecule has 5 heteroatoms. The number of hydrogen-bond acceptors (Lipinski definition) is 2. The first-order chi connectivity index (χ1) is 8.47. The normalized spacial score (nSPS) is 12.4. The maximum atomic E-state index is 11.9. The van der Waals surface area contributed by atoms with Crippen LogP contribution in [-0.4, -0.2) is 28.1 Å². The van der Waals surface area contributed by atoms with Crippen LogP contribution in [0.25, 0.3) is 0 Å². The monoisotopic (exact) mass is 252 g/mol. The van der Waals surface area contributed by atoms with Gasteiger partial charge in [0.2, 0.25) is 0 Å². The molecule has 0 bridgehead atoms. The summed E-state index contributed by atoms with van der Waals surface area (Å²) in [5.41, 5.74) is 0.560. The summed E-state index contributed by atoms with van der Waals surface area (Å²) in [6.45, 7) is 5.93. The molecule has 1 unspecified atom stereocenters. The first kappa shape index (κ1) is 14.3. The van der Waals surface area contributed by atoms with Crippen molar-refractivity contribution in [3.8, 4) is 0 Å². The van der Waals surface area contributed by atoms with Gasteiger partial charge in [-0.1, -0.05) is 6.92 Å². The smallest absolute Gasteiger partial charge is 0.308 e. The third-order valence-corrected chi connectivity index (χ3v) is 2.92. The Morgan fingerprint density at radius 1 is 1.44 bits per heavy atom. The molecule has 1 aromatic rings. The number of hydrogen-bond donors (Lipinski definition) is 2. The number of carboxylic acids is 1. The highest BCUT2D eigenvalue weighted by Gasteiger charge is 2.18. The number of nitrogens with one attached hydrogen (secondary N) is 1. The zero-order chi connectivity index (χ0) is 13.7. The molecule has 0 saturated heterocycles. The molecule has 0 aliphatic rings. The molecular formula is C13H20N2O3. The van der Waals surface area contributed by atoms with Gasteiger partial charge in [-0.2, -0.15) is 0 Å². The summed E-state index contributed by atoms with van der Waals surface area (Å²) in [4.78, 5) is 22.8. The Morgan fingerprint density at radius 3 is 2.61 bits per heavy atom. The summed E-state index contributed by atoms with van der Waals surface area (Å²) in [7, 11) is 0. The van der Waals surface area contributed by atoms with E-state index in [9.17, 15) is 9.59 Å². The maximum absolute atomic E-state index is 11.9. The van der Waals surface area contributed by atoms with Gasteiger partial charge in [0.15, 0.2) is 0 Å². The fraction of sp³-hybridized carbons (Fsp3) is 0.538. The molecule has 1 rings (SSSR count). The number of aromatic nitrogens is 1. The highest BCUT2D eigenvalue weighted by molar-refractivity contribution is 5.93. The number of carbonyl (C=O) groups is 2. The topological polar surface area (TPSA) is 71.3 Å². The zero-order valence-electron chi connectivity index (χ0n) is 11.0. The Labute approximate surface area is 107 Å². The van der Waals surface area contributed by atoms with E-state index in [0.29, 0.717) is 12.1 Å². The molecule has 1 amide bonds. The van der Waals surface area contributed by atoms with E-state index < -0.39 is 11.9 Å². The summed E-state index contributed by atoms with van der Waals surface area (Å²) in [5.74, 6) is -1.64. The third-order valence-electron chi connectivity index (χ3n) is 2.92. The Bertz CT molecular complexity index is 424. The van der Waals surface area contributed by atoms with Crippen LogP contribution in [0.3, 0.4) is 0 Å². The standard InChI is InChI=1S/C13H20N2O3/c1-4-10(13(17)18)8-14-12(16)11-6-5-7-15(11)9(2)3/h5-7,9-10H,4,8H2,1-3H3,(H,14,16)(H,17,18). The van der Waals surface area contributed by atoms with E-state index in [2.05, 4.69) is 5.32 Å². The van der Waals surface area contributed by atoms with E-state index in [4.69, 9.17) is 5.11 Å². The minimum Gasteiger partial charge on any atom is -0.481 e. The SMILES string of the molecule is CCC(CNC(=O)c1cccn1C(C)C)C(=O)O. The molecule has 0 spiro atoms. The van der Waals surface area contributed by atoms with Crippen molar-refractivity contribution < 1.29 is 14.7 Å². The van der Waals surface area contributed by atoms with E-state index in [0.717, 1.165) is 0 Å². The minimum atomic E-state index is -0.878. The van der Waals surface area contributed by atoms with E-state index >= 15 is 0 Å². The van der Waals surface area contributed by atoms with Crippen LogP contribution in [0.2, 0.25) is 0 Å². The van der Waals surface area contributed by atoms with E-state index in [1.54, 1.807) is 13.0 Å². The summed E-state index contributed by atoms with van der Waals surface area (Å²) >= 11 is 0. The van der Waals surface area contributed by atoms with Gasteiger partial charge in [0.25, 0.3) is 5.91 Å². The van der Waals surface area contributed by atoms with Crippen molar-refractivity contribution in [2.24, 2.45) is 5.92 Å². The van der Waals surface area contributed by atoms with Gasteiger partial charge in [-0.05, 0) is 32.4 Å². The summed E-state index contributed by atoms with van der Waals surface area (Å²) < 4.78 is 1.86. The van der Waals surface area contributed by atoms with Gasteiger partial charge in [-0.25, -0.2) is 0 Å². The van der Waals surface area contributed by atoms with Crippen molar-refractivity contribution >= 4 is 11.9 Å². The van der Waals surface area contributed by atoms with Crippen molar-refractivity contribution in [2.75, 3.05) is 6.54 Å². The van der Waals surface area contributed by atoms with Crippen molar-refractivity contribution in [1.82, 2.24) is 9.88 Å². The Morgan fingerprint density at radius 2 is 2.11 bits per heavy atom. The molecule has 0 saturated carbocycles. The van der Waals surface area contributed by atoms with Gasteiger partial charge >= 0.3 is 5.97 Å². The molecule has 100 valence electrons. The van der Waals surface area contributed by atoms with Gasteiger partial charge in [0.1, 0.15) is 5.69 Å². The van der Waals surface area contributed by atoms with Gasteiger partial charge in [-0.15, -0.1) is 0 Å². The molecule has 0 aliphatic carbocycles. The molecule has 0 fully saturated rings.